The molecule has 0 saturated heterocycles. The third-order valence-electron chi connectivity index (χ3n) is 4.92. The van der Waals surface area contributed by atoms with Gasteiger partial charge in [-0.25, -0.2) is 14.2 Å². The molecule has 0 fully saturated rings. The molecular weight excluding hydrogens is 465 g/mol. The van der Waals surface area contributed by atoms with Crippen molar-refractivity contribution < 1.29 is 35.2 Å². The topological polar surface area (TPSA) is 92.4 Å². The van der Waals surface area contributed by atoms with Crippen LogP contribution in [-0.4, -0.2) is 27.7 Å². The van der Waals surface area contributed by atoms with E-state index in [9.17, 15) is 40.3 Å². The molecule has 3 heterocycles. The second-order valence-electron chi connectivity index (χ2n) is 6.92. The van der Waals surface area contributed by atoms with Gasteiger partial charge in [-0.05, 0) is 24.3 Å². The molecule has 0 radical (unpaired) electrons. The normalized spacial score (nSPS) is 15.5. The maximum absolute atomic E-state index is 14.3. The standard InChI is InChI=1S/C19H11F7N4O3/c20-11-6-2-1-5-10(11)13-27-14-12(17(29-13,18(21,22)23)19(24,25)26)15(31)28-16(32)30(14)8-9-4-3-7-33-9/h1-7H,8H2,(H,27,29)(H,28,31,32). The van der Waals surface area contributed by atoms with Gasteiger partial charge in [-0.3, -0.25) is 14.3 Å². The molecule has 0 saturated carbocycles. The fraction of sp³-hybridized carbons (Fsp3) is 0.211. The van der Waals surface area contributed by atoms with Crippen LogP contribution in [0.5, 0.6) is 0 Å². The number of nitrogens with zero attached hydrogens (tertiary/aromatic N) is 2. The minimum atomic E-state index is -6.20. The first-order valence-corrected chi connectivity index (χ1v) is 9.02. The molecule has 1 aliphatic heterocycles. The Labute approximate surface area is 178 Å². The quantitative estimate of drug-likeness (QED) is 0.566. The molecule has 1 aliphatic rings. The minimum Gasteiger partial charge on any atom is -0.467 e. The number of alkyl halides is 6. The number of amidine groups is 1. The van der Waals surface area contributed by atoms with Crippen molar-refractivity contribution in [3.8, 4) is 0 Å². The maximum Gasteiger partial charge on any atom is 0.427 e. The van der Waals surface area contributed by atoms with E-state index in [0.29, 0.717) is 4.57 Å². The number of fused-ring (bicyclic) bond motifs is 1. The first-order chi connectivity index (χ1) is 15.4. The second-order valence-corrected chi connectivity index (χ2v) is 6.92. The van der Waals surface area contributed by atoms with Gasteiger partial charge in [-0.15, -0.1) is 0 Å². The van der Waals surface area contributed by atoms with Gasteiger partial charge in [0.2, 0.25) is 0 Å². The molecular formula is C19H11F7N4O3. The summed E-state index contributed by atoms with van der Waals surface area (Å²) in [5.41, 5.74) is -11.0. The maximum atomic E-state index is 14.3. The number of rotatable bonds is 3. The number of H-pyrrole nitrogens is 1. The third-order valence-corrected chi connectivity index (χ3v) is 4.92. The van der Waals surface area contributed by atoms with Crippen LogP contribution >= 0.6 is 0 Å². The summed E-state index contributed by atoms with van der Waals surface area (Å²) in [6.45, 7) is -0.645. The Bertz CT molecular complexity index is 1340. The van der Waals surface area contributed by atoms with Gasteiger partial charge in [-0.2, -0.15) is 26.3 Å². The summed E-state index contributed by atoms with van der Waals surface area (Å²) in [4.78, 5) is 29.1. The van der Waals surface area contributed by atoms with Crippen molar-refractivity contribution in [2.45, 2.75) is 24.4 Å². The predicted molar refractivity (Wildman–Crippen MR) is 99.5 cm³/mol. The van der Waals surface area contributed by atoms with Crippen molar-refractivity contribution in [1.82, 2.24) is 9.55 Å². The summed E-state index contributed by atoms with van der Waals surface area (Å²) in [6.07, 6.45) is -11.2. The van der Waals surface area contributed by atoms with Gasteiger partial charge < -0.3 is 9.73 Å². The molecule has 14 heteroatoms. The van der Waals surface area contributed by atoms with Gasteiger partial charge in [0.05, 0.1) is 18.4 Å². The summed E-state index contributed by atoms with van der Waals surface area (Å²) < 4.78 is 105. The van der Waals surface area contributed by atoms with Crippen LogP contribution in [0.15, 0.2) is 61.7 Å². The zero-order chi connectivity index (χ0) is 24.2. The Morgan fingerprint density at radius 1 is 1.00 bits per heavy atom. The van der Waals surface area contributed by atoms with Gasteiger partial charge >= 0.3 is 18.0 Å². The lowest BCUT2D eigenvalue weighted by molar-refractivity contribution is -0.301. The summed E-state index contributed by atoms with van der Waals surface area (Å²) in [5, 5.41) is 2.13. The van der Waals surface area contributed by atoms with E-state index in [1.807, 2.05) is 0 Å². The molecule has 0 bridgehead atoms. The van der Waals surface area contributed by atoms with Gasteiger partial charge in [0, 0.05) is 0 Å². The Morgan fingerprint density at radius 2 is 1.67 bits per heavy atom. The predicted octanol–water partition coefficient (Wildman–Crippen LogP) is 3.51. The molecule has 7 nitrogen and oxygen atoms in total. The fourth-order valence-corrected chi connectivity index (χ4v) is 3.46. The molecule has 0 atom stereocenters. The van der Waals surface area contributed by atoms with Crippen molar-refractivity contribution in [3.63, 3.8) is 0 Å². The zero-order valence-corrected chi connectivity index (χ0v) is 16.0. The Balaban J connectivity index is 2.13. The van der Waals surface area contributed by atoms with Crippen LogP contribution in [0.1, 0.15) is 16.9 Å². The number of hydrogen-bond donors (Lipinski definition) is 2. The van der Waals surface area contributed by atoms with Gasteiger partial charge in [0.1, 0.15) is 28.8 Å². The SMILES string of the molecule is O=c1[nH]c(=O)n(Cc2ccco2)c2c1C(C(F)(F)F)(C(F)(F)F)N=C(c1ccccc1F)N2. The Hall–Kier alpha value is -3.84. The molecule has 0 amide bonds. The average Bonchev–Trinajstić information content (AvgIpc) is 3.22. The first kappa shape index (κ1) is 22.4. The molecule has 2 N–H and O–H groups in total. The van der Waals surface area contributed by atoms with Crippen molar-refractivity contribution in [3.05, 3.63) is 86.2 Å². The third kappa shape index (κ3) is 3.41. The number of nitrogens with one attached hydrogen (secondary N) is 2. The number of aliphatic imine (C=N–C) groups is 1. The first-order valence-electron chi connectivity index (χ1n) is 9.02. The van der Waals surface area contributed by atoms with Crippen LogP contribution in [0.3, 0.4) is 0 Å². The van der Waals surface area contributed by atoms with Crippen molar-refractivity contribution in [2.24, 2.45) is 4.99 Å². The van der Waals surface area contributed by atoms with E-state index in [0.717, 1.165) is 30.5 Å². The lowest BCUT2D eigenvalue weighted by atomic mass is 9.87. The van der Waals surface area contributed by atoms with Crippen LogP contribution in [-0.2, 0) is 12.1 Å². The van der Waals surface area contributed by atoms with Crippen LogP contribution in [0.2, 0.25) is 0 Å². The van der Waals surface area contributed by atoms with E-state index < -0.39 is 64.3 Å². The second kappa shape index (κ2) is 7.35. The lowest BCUT2D eigenvalue weighted by Crippen LogP contribution is -2.59. The van der Waals surface area contributed by atoms with E-state index in [1.54, 1.807) is 0 Å². The summed E-state index contributed by atoms with van der Waals surface area (Å²) in [5.74, 6) is -3.53. The lowest BCUT2D eigenvalue weighted by Gasteiger charge is -2.38. The number of halogens is 7. The van der Waals surface area contributed by atoms with Crippen LogP contribution < -0.4 is 16.6 Å². The Kier molecular flexibility index (Phi) is 4.98. The number of benzene rings is 1. The highest BCUT2D eigenvalue weighted by atomic mass is 19.4. The van der Waals surface area contributed by atoms with Crippen LogP contribution in [0.25, 0.3) is 0 Å². The summed E-state index contributed by atoms with van der Waals surface area (Å²) in [6, 6.07) is 6.69. The fourth-order valence-electron chi connectivity index (χ4n) is 3.46. The van der Waals surface area contributed by atoms with Crippen LogP contribution in [0, 0.1) is 5.82 Å². The van der Waals surface area contributed by atoms with E-state index in [2.05, 4.69) is 10.3 Å². The van der Waals surface area contributed by atoms with E-state index >= 15 is 0 Å². The largest absolute Gasteiger partial charge is 0.467 e. The van der Waals surface area contributed by atoms with E-state index in [4.69, 9.17) is 4.42 Å². The highest BCUT2D eigenvalue weighted by molar-refractivity contribution is 6.10. The molecule has 2 aromatic heterocycles. The van der Waals surface area contributed by atoms with E-state index in [1.165, 1.54) is 17.1 Å². The molecule has 174 valence electrons. The minimum absolute atomic E-state index is 0.0206. The molecule has 3 aromatic rings. The highest BCUT2D eigenvalue weighted by Crippen LogP contribution is 2.55. The number of aromatic nitrogens is 2. The molecule has 0 aliphatic carbocycles. The van der Waals surface area contributed by atoms with Crippen molar-refractivity contribution >= 4 is 11.7 Å². The smallest absolute Gasteiger partial charge is 0.427 e. The number of hydrogen-bond acceptors (Lipinski definition) is 5. The van der Waals surface area contributed by atoms with Gasteiger partial charge in [0.15, 0.2) is 0 Å². The summed E-state index contributed by atoms with van der Waals surface area (Å²) in [7, 11) is 0. The average molecular weight is 476 g/mol. The van der Waals surface area contributed by atoms with Crippen molar-refractivity contribution in [2.75, 3.05) is 5.32 Å². The highest BCUT2D eigenvalue weighted by Gasteiger charge is 2.75. The summed E-state index contributed by atoms with van der Waals surface area (Å²) >= 11 is 0. The Morgan fingerprint density at radius 3 is 2.24 bits per heavy atom. The van der Waals surface area contributed by atoms with Crippen molar-refractivity contribution in [1.29, 1.82) is 0 Å². The number of furan rings is 1. The van der Waals surface area contributed by atoms with Gasteiger partial charge in [-0.1, -0.05) is 12.1 Å². The van der Waals surface area contributed by atoms with E-state index in [-0.39, 0.29) is 5.76 Å². The molecule has 0 spiro atoms. The van der Waals surface area contributed by atoms with Crippen LogP contribution in [0.4, 0.5) is 36.6 Å². The zero-order valence-electron chi connectivity index (χ0n) is 16.0. The molecule has 1 aromatic carbocycles. The molecule has 0 unspecified atom stereocenters. The number of aromatic amines is 1. The molecule has 4 rings (SSSR count). The molecule has 33 heavy (non-hydrogen) atoms. The monoisotopic (exact) mass is 476 g/mol. The number of anilines is 1. The van der Waals surface area contributed by atoms with Gasteiger partial charge in [0.25, 0.3) is 11.1 Å².